The van der Waals surface area contributed by atoms with Gasteiger partial charge >= 0.3 is 0 Å². The molecule has 100 valence electrons. The average Bonchev–Trinajstić information content (AvgIpc) is 2.49. The van der Waals surface area contributed by atoms with E-state index in [4.69, 9.17) is 0 Å². The zero-order chi connectivity index (χ0) is 14.2. The van der Waals surface area contributed by atoms with Crippen molar-refractivity contribution < 1.29 is 0 Å². The van der Waals surface area contributed by atoms with Gasteiger partial charge in [0, 0.05) is 0 Å². The zero-order valence-corrected chi connectivity index (χ0v) is 11.8. The van der Waals surface area contributed by atoms with Crippen LogP contribution in [0.25, 0.3) is 12.2 Å². The van der Waals surface area contributed by atoms with Crippen LogP contribution in [0.4, 0.5) is 0 Å². The highest BCUT2D eigenvalue weighted by atomic mass is 14.1. The Bertz CT molecular complexity index is 603. The van der Waals surface area contributed by atoms with E-state index in [1.807, 2.05) is 18.2 Å². The van der Waals surface area contributed by atoms with Crippen LogP contribution in [0.2, 0.25) is 0 Å². The Kier molecular flexibility index (Phi) is 5.14. The number of hydrogen-bond donors (Lipinski definition) is 0. The molecule has 0 nitrogen and oxygen atoms in total. The number of allylic oxidation sites excluding steroid dienone is 2. The molecule has 0 fully saturated rings. The van der Waals surface area contributed by atoms with Gasteiger partial charge in [0.25, 0.3) is 0 Å². The van der Waals surface area contributed by atoms with Crippen molar-refractivity contribution in [1.29, 1.82) is 0 Å². The molecule has 0 heteroatoms. The van der Waals surface area contributed by atoms with Gasteiger partial charge in [-0.25, -0.2) is 0 Å². The molecular formula is C20H20. The zero-order valence-electron chi connectivity index (χ0n) is 11.8. The molecule has 0 N–H and O–H groups in total. The first-order valence-corrected chi connectivity index (χ1v) is 6.91. The van der Waals surface area contributed by atoms with Crippen molar-refractivity contribution in [2.24, 2.45) is 0 Å². The van der Waals surface area contributed by atoms with Gasteiger partial charge in [-0.3, -0.25) is 0 Å². The lowest BCUT2D eigenvalue weighted by atomic mass is 9.95. The molecule has 0 aliphatic carbocycles. The number of benzene rings is 2. The fourth-order valence-electron chi connectivity index (χ4n) is 2.30. The molecule has 0 heterocycles. The van der Waals surface area contributed by atoms with Crippen LogP contribution < -0.4 is 0 Å². The van der Waals surface area contributed by atoms with E-state index in [0.717, 1.165) is 12.8 Å². The van der Waals surface area contributed by atoms with Crippen LogP contribution in [0.15, 0.2) is 73.8 Å². The third-order valence-electron chi connectivity index (χ3n) is 3.28. The highest BCUT2D eigenvalue weighted by Gasteiger charge is 2.03. The number of rotatable bonds is 6. The quantitative estimate of drug-likeness (QED) is 0.487. The first kappa shape index (κ1) is 14.1. The summed E-state index contributed by atoms with van der Waals surface area (Å²) in [4.78, 5) is 0. The van der Waals surface area contributed by atoms with Crippen molar-refractivity contribution in [3.8, 4) is 0 Å². The van der Waals surface area contributed by atoms with Crippen molar-refractivity contribution in [2.45, 2.75) is 12.8 Å². The molecule has 2 rings (SSSR count). The molecule has 0 unspecified atom stereocenters. The predicted octanol–water partition coefficient (Wildman–Crippen LogP) is 5.31. The van der Waals surface area contributed by atoms with Gasteiger partial charge < -0.3 is 0 Å². The first-order chi connectivity index (χ1) is 9.85. The second-order valence-corrected chi connectivity index (χ2v) is 4.71. The van der Waals surface area contributed by atoms with Gasteiger partial charge in [0.15, 0.2) is 0 Å². The maximum absolute atomic E-state index is 3.87. The van der Waals surface area contributed by atoms with E-state index in [-0.39, 0.29) is 0 Å². The van der Waals surface area contributed by atoms with E-state index in [1.165, 1.54) is 22.3 Å². The highest BCUT2D eigenvalue weighted by Crippen LogP contribution is 2.20. The maximum Gasteiger partial charge on any atom is -0.00913 e. The minimum atomic E-state index is 0.887. The van der Waals surface area contributed by atoms with Gasteiger partial charge in [0.1, 0.15) is 0 Å². The van der Waals surface area contributed by atoms with Gasteiger partial charge in [-0.15, -0.1) is 13.2 Å². The van der Waals surface area contributed by atoms with Crippen LogP contribution in [0, 0.1) is 0 Å². The molecule has 2 aromatic rings. The van der Waals surface area contributed by atoms with Crippen LogP contribution in [0.1, 0.15) is 22.3 Å². The van der Waals surface area contributed by atoms with Crippen LogP contribution >= 0.6 is 0 Å². The third kappa shape index (κ3) is 3.58. The summed E-state index contributed by atoms with van der Waals surface area (Å²) in [6.07, 6.45) is 10.0. The van der Waals surface area contributed by atoms with E-state index in [2.05, 4.69) is 67.8 Å². The summed E-state index contributed by atoms with van der Waals surface area (Å²) in [7, 11) is 0. The Labute approximate surface area is 121 Å². The molecular weight excluding hydrogens is 240 g/mol. The standard InChI is InChI=1S/C20H20/c1-3-9-18-13-8-14-19(20(18)10-4-2)16-15-17-11-6-5-7-12-17/h3-8,11-16H,1-2,9-10H2. The lowest BCUT2D eigenvalue weighted by Crippen LogP contribution is -1.95. The predicted molar refractivity (Wildman–Crippen MR) is 89.6 cm³/mol. The average molecular weight is 260 g/mol. The Hall–Kier alpha value is -2.34. The Morgan fingerprint density at radius 1 is 0.750 bits per heavy atom. The van der Waals surface area contributed by atoms with E-state index in [9.17, 15) is 0 Å². The normalized spacial score (nSPS) is 10.6. The van der Waals surface area contributed by atoms with Gasteiger partial charge in [-0.1, -0.05) is 72.8 Å². The SMILES string of the molecule is C=CCc1cccc(C=Cc2ccccc2)c1CC=C. The highest BCUT2D eigenvalue weighted by molar-refractivity contribution is 5.72. The van der Waals surface area contributed by atoms with Crippen molar-refractivity contribution >= 4 is 12.2 Å². The summed E-state index contributed by atoms with van der Waals surface area (Å²) in [5.74, 6) is 0. The summed E-state index contributed by atoms with van der Waals surface area (Å²) in [6, 6.07) is 16.8. The van der Waals surface area contributed by atoms with Crippen LogP contribution in [-0.4, -0.2) is 0 Å². The van der Waals surface area contributed by atoms with Crippen molar-refractivity contribution in [2.75, 3.05) is 0 Å². The van der Waals surface area contributed by atoms with E-state index >= 15 is 0 Å². The summed E-state index contributed by atoms with van der Waals surface area (Å²) in [6.45, 7) is 7.70. The minimum Gasteiger partial charge on any atom is -0.103 e. The first-order valence-electron chi connectivity index (χ1n) is 6.91. The summed E-state index contributed by atoms with van der Waals surface area (Å²) in [5.41, 5.74) is 5.14. The number of hydrogen-bond acceptors (Lipinski definition) is 0. The summed E-state index contributed by atoms with van der Waals surface area (Å²) in [5, 5.41) is 0. The largest absolute Gasteiger partial charge is 0.103 e. The van der Waals surface area contributed by atoms with Crippen molar-refractivity contribution in [1.82, 2.24) is 0 Å². The van der Waals surface area contributed by atoms with E-state index in [0.29, 0.717) is 0 Å². The van der Waals surface area contributed by atoms with Crippen LogP contribution in [0.3, 0.4) is 0 Å². The monoisotopic (exact) mass is 260 g/mol. The maximum atomic E-state index is 3.87. The van der Waals surface area contributed by atoms with Crippen molar-refractivity contribution in [3.63, 3.8) is 0 Å². The lowest BCUT2D eigenvalue weighted by Gasteiger charge is -2.10. The van der Waals surface area contributed by atoms with Gasteiger partial charge in [-0.2, -0.15) is 0 Å². The summed E-state index contributed by atoms with van der Waals surface area (Å²) >= 11 is 0. The summed E-state index contributed by atoms with van der Waals surface area (Å²) < 4.78 is 0. The molecule has 0 radical (unpaired) electrons. The Morgan fingerprint density at radius 3 is 2.20 bits per heavy atom. The molecule has 0 saturated carbocycles. The molecule has 0 aliphatic rings. The molecule has 2 aromatic carbocycles. The molecule has 0 aromatic heterocycles. The molecule has 0 aliphatic heterocycles. The van der Waals surface area contributed by atoms with Crippen LogP contribution in [-0.2, 0) is 12.8 Å². The molecule has 20 heavy (non-hydrogen) atoms. The van der Waals surface area contributed by atoms with Gasteiger partial charge in [0.2, 0.25) is 0 Å². The van der Waals surface area contributed by atoms with E-state index < -0.39 is 0 Å². The Balaban J connectivity index is 2.35. The molecule has 0 saturated heterocycles. The smallest absolute Gasteiger partial charge is 0.00913 e. The molecule has 0 amide bonds. The second kappa shape index (κ2) is 7.30. The van der Waals surface area contributed by atoms with Gasteiger partial charge in [-0.05, 0) is 35.1 Å². The minimum absolute atomic E-state index is 0.887. The van der Waals surface area contributed by atoms with Crippen molar-refractivity contribution in [3.05, 3.63) is 96.1 Å². The fraction of sp³-hybridized carbons (Fsp3) is 0.100. The van der Waals surface area contributed by atoms with Gasteiger partial charge in [0.05, 0.1) is 0 Å². The molecule has 0 spiro atoms. The lowest BCUT2D eigenvalue weighted by molar-refractivity contribution is 1.15. The fourth-order valence-corrected chi connectivity index (χ4v) is 2.30. The third-order valence-corrected chi connectivity index (χ3v) is 3.28. The second-order valence-electron chi connectivity index (χ2n) is 4.71. The Morgan fingerprint density at radius 2 is 1.50 bits per heavy atom. The topological polar surface area (TPSA) is 0 Å². The van der Waals surface area contributed by atoms with E-state index in [1.54, 1.807) is 0 Å². The van der Waals surface area contributed by atoms with Crippen LogP contribution in [0.5, 0.6) is 0 Å². The molecule has 0 atom stereocenters. The molecule has 0 bridgehead atoms.